The number of benzene rings is 1. The first-order valence-corrected chi connectivity index (χ1v) is 7.57. The predicted octanol–water partition coefficient (Wildman–Crippen LogP) is 4.73. The van der Waals surface area contributed by atoms with Gasteiger partial charge in [0.1, 0.15) is 0 Å². The zero-order valence-electron chi connectivity index (χ0n) is 13.4. The Labute approximate surface area is 124 Å². The average molecular weight is 269 g/mol. The van der Waals surface area contributed by atoms with E-state index in [4.69, 9.17) is 0 Å². The Morgan fingerprint density at radius 3 is 2.15 bits per heavy atom. The molecule has 1 aromatic rings. The van der Waals surface area contributed by atoms with Crippen molar-refractivity contribution in [3.8, 4) is 0 Å². The average Bonchev–Trinajstić information content (AvgIpc) is 2.65. The topological polar surface area (TPSA) is 3.24 Å². The summed E-state index contributed by atoms with van der Waals surface area (Å²) < 4.78 is 0. The largest absolute Gasteiger partial charge is 0.363 e. The van der Waals surface area contributed by atoms with Crippen LogP contribution in [0, 0.1) is 0 Å². The summed E-state index contributed by atoms with van der Waals surface area (Å²) >= 11 is 0. The predicted molar refractivity (Wildman–Crippen MR) is 87.8 cm³/mol. The number of rotatable bonds is 3. The molecule has 0 bridgehead atoms. The zero-order valence-corrected chi connectivity index (χ0v) is 13.4. The van der Waals surface area contributed by atoms with Crippen molar-refractivity contribution in [3.63, 3.8) is 0 Å². The van der Waals surface area contributed by atoms with E-state index in [1.54, 1.807) is 0 Å². The minimum atomic E-state index is 0.102. The monoisotopic (exact) mass is 269 g/mol. The summed E-state index contributed by atoms with van der Waals surface area (Å²) in [6.45, 7) is 17.4. The summed E-state index contributed by atoms with van der Waals surface area (Å²) in [5.74, 6) is 0. The Hall–Kier alpha value is -1.50. The van der Waals surface area contributed by atoms with Crippen LogP contribution in [0.3, 0.4) is 0 Å². The molecule has 2 rings (SSSR count). The van der Waals surface area contributed by atoms with Crippen LogP contribution in [0.1, 0.15) is 45.2 Å². The second-order valence-corrected chi connectivity index (χ2v) is 6.82. The smallest absolute Gasteiger partial charge is 0.0376 e. The number of hydrogen-bond acceptors (Lipinski definition) is 1. The van der Waals surface area contributed by atoms with Crippen LogP contribution < -0.4 is 0 Å². The molecular weight excluding hydrogens is 242 g/mol. The van der Waals surface area contributed by atoms with Crippen molar-refractivity contribution in [2.45, 2.75) is 58.5 Å². The van der Waals surface area contributed by atoms with Crippen molar-refractivity contribution in [2.24, 2.45) is 0 Å². The first kappa shape index (κ1) is 14.9. The lowest BCUT2D eigenvalue weighted by Gasteiger charge is -2.39. The Bertz CT molecular complexity index is 502. The van der Waals surface area contributed by atoms with Crippen LogP contribution in [-0.4, -0.2) is 16.5 Å². The molecule has 1 heteroatoms. The van der Waals surface area contributed by atoms with E-state index >= 15 is 0 Å². The van der Waals surface area contributed by atoms with E-state index in [9.17, 15) is 0 Å². The molecule has 1 aliphatic rings. The van der Waals surface area contributed by atoms with Crippen LogP contribution in [0.2, 0.25) is 0 Å². The molecule has 0 amide bonds. The van der Waals surface area contributed by atoms with Gasteiger partial charge in [-0.15, -0.1) is 0 Å². The summed E-state index contributed by atoms with van der Waals surface area (Å²) in [6.07, 6.45) is 3.20. The van der Waals surface area contributed by atoms with Gasteiger partial charge in [0.2, 0.25) is 0 Å². The lowest BCUT2D eigenvalue weighted by Crippen LogP contribution is -2.44. The molecule has 1 saturated heterocycles. The highest BCUT2D eigenvalue weighted by Crippen LogP contribution is 2.37. The van der Waals surface area contributed by atoms with Crippen molar-refractivity contribution in [3.05, 3.63) is 59.8 Å². The SMILES string of the molecule is C=C1C[C@@H](Cc2ccc(CC)cc2)N(C(C)(C)C)C1=C. The summed E-state index contributed by atoms with van der Waals surface area (Å²) in [4.78, 5) is 2.45. The molecule has 1 fully saturated rings. The molecule has 1 aliphatic heterocycles. The van der Waals surface area contributed by atoms with Gasteiger partial charge in [-0.3, -0.25) is 0 Å². The van der Waals surface area contributed by atoms with E-state index in [0.717, 1.165) is 25.0 Å². The van der Waals surface area contributed by atoms with Crippen molar-refractivity contribution in [2.75, 3.05) is 0 Å². The second kappa shape index (κ2) is 5.47. The lowest BCUT2D eigenvalue weighted by atomic mass is 9.98. The van der Waals surface area contributed by atoms with Gasteiger partial charge in [0.25, 0.3) is 0 Å². The van der Waals surface area contributed by atoms with Crippen molar-refractivity contribution in [1.82, 2.24) is 4.90 Å². The molecule has 0 aromatic heterocycles. The molecule has 1 atom stereocenters. The Morgan fingerprint density at radius 2 is 1.65 bits per heavy atom. The molecule has 0 saturated carbocycles. The minimum Gasteiger partial charge on any atom is -0.363 e. The molecule has 0 spiro atoms. The normalized spacial score (nSPS) is 19.8. The van der Waals surface area contributed by atoms with Crippen molar-refractivity contribution < 1.29 is 0 Å². The molecule has 1 heterocycles. The van der Waals surface area contributed by atoms with Gasteiger partial charge in [-0.2, -0.15) is 0 Å². The third-order valence-electron chi connectivity index (χ3n) is 4.17. The molecule has 1 aromatic carbocycles. The van der Waals surface area contributed by atoms with Gasteiger partial charge < -0.3 is 4.90 Å². The summed E-state index contributed by atoms with van der Waals surface area (Å²) in [5.41, 5.74) is 5.22. The lowest BCUT2D eigenvalue weighted by molar-refractivity contribution is 0.154. The van der Waals surface area contributed by atoms with E-state index in [2.05, 4.69) is 70.0 Å². The summed E-state index contributed by atoms with van der Waals surface area (Å²) in [7, 11) is 0. The van der Waals surface area contributed by atoms with Crippen molar-refractivity contribution in [1.29, 1.82) is 0 Å². The van der Waals surface area contributed by atoms with Gasteiger partial charge in [0.05, 0.1) is 0 Å². The second-order valence-electron chi connectivity index (χ2n) is 6.82. The highest BCUT2D eigenvalue weighted by atomic mass is 15.2. The summed E-state index contributed by atoms with van der Waals surface area (Å²) in [6, 6.07) is 9.51. The molecule has 0 N–H and O–H groups in total. The highest BCUT2D eigenvalue weighted by Gasteiger charge is 2.36. The minimum absolute atomic E-state index is 0.102. The number of allylic oxidation sites excluding steroid dienone is 1. The van der Waals surface area contributed by atoms with Gasteiger partial charge >= 0.3 is 0 Å². The Morgan fingerprint density at radius 1 is 1.10 bits per heavy atom. The number of hydrogen-bond donors (Lipinski definition) is 0. The van der Waals surface area contributed by atoms with Crippen LogP contribution in [0.4, 0.5) is 0 Å². The molecule has 0 aliphatic carbocycles. The maximum atomic E-state index is 4.23. The Balaban J connectivity index is 2.18. The van der Waals surface area contributed by atoms with Gasteiger partial charge in [0, 0.05) is 17.3 Å². The quantitative estimate of drug-likeness (QED) is 0.766. The first-order chi connectivity index (χ1) is 9.32. The van der Waals surface area contributed by atoms with Crippen molar-refractivity contribution >= 4 is 0 Å². The van der Waals surface area contributed by atoms with E-state index in [1.165, 1.54) is 16.7 Å². The third kappa shape index (κ3) is 2.98. The zero-order chi connectivity index (χ0) is 14.9. The fraction of sp³-hybridized carbons (Fsp3) is 0.474. The van der Waals surface area contributed by atoms with E-state index in [-0.39, 0.29) is 5.54 Å². The standard InChI is InChI=1S/C19H27N/c1-7-16-8-10-17(11-9-16)13-18-12-14(2)15(3)20(18)19(4,5)6/h8-11,18H,2-3,7,12-13H2,1,4-6H3/t18-/m0/s1. The van der Waals surface area contributed by atoms with E-state index in [0.29, 0.717) is 6.04 Å². The van der Waals surface area contributed by atoms with Crippen LogP contribution in [-0.2, 0) is 12.8 Å². The van der Waals surface area contributed by atoms with Gasteiger partial charge in [-0.1, -0.05) is 44.3 Å². The maximum absolute atomic E-state index is 4.23. The first-order valence-electron chi connectivity index (χ1n) is 7.57. The third-order valence-corrected chi connectivity index (χ3v) is 4.17. The molecular formula is C19H27N. The summed E-state index contributed by atoms with van der Waals surface area (Å²) in [5, 5.41) is 0. The van der Waals surface area contributed by atoms with Gasteiger partial charge in [-0.25, -0.2) is 0 Å². The highest BCUT2D eigenvalue weighted by molar-refractivity contribution is 5.34. The molecule has 1 nitrogen and oxygen atoms in total. The van der Waals surface area contributed by atoms with E-state index < -0.39 is 0 Å². The van der Waals surface area contributed by atoms with Crippen LogP contribution in [0.25, 0.3) is 0 Å². The van der Waals surface area contributed by atoms with Crippen LogP contribution in [0.15, 0.2) is 48.7 Å². The van der Waals surface area contributed by atoms with E-state index in [1.807, 2.05) is 0 Å². The molecule has 108 valence electrons. The molecule has 0 unspecified atom stereocenters. The Kier molecular flexibility index (Phi) is 4.08. The van der Waals surface area contributed by atoms with Gasteiger partial charge in [0.15, 0.2) is 0 Å². The molecule has 20 heavy (non-hydrogen) atoms. The fourth-order valence-corrected chi connectivity index (χ4v) is 3.18. The number of likely N-dealkylation sites (tertiary alicyclic amines) is 1. The molecule has 0 radical (unpaired) electrons. The fourth-order valence-electron chi connectivity index (χ4n) is 3.18. The number of aryl methyl sites for hydroxylation is 1. The van der Waals surface area contributed by atoms with Crippen LogP contribution >= 0.6 is 0 Å². The van der Waals surface area contributed by atoms with Gasteiger partial charge in [-0.05, 0) is 56.7 Å². The number of nitrogens with zero attached hydrogens (tertiary/aromatic N) is 1. The van der Waals surface area contributed by atoms with Crippen LogP contribution in [0.5, 0.6) is 0 Å². The maximum Gasteiger partial charge on any atom is 0.0376 e.